The molecule has 0 radical (unpaired) electrons. The second-order valence-electron chi connectivity index (χ2n) is 5.73. The second-order valence-corrected chi connectivity index (χ2v) is 6.64. The maximum Gasteiger partial charge on any atom is 0.150 e. The van der Waals surface area contributed by atoms with Crippen molar-refractivity contribution in [3.8, 4) is 0 Å². The Balaban J connectivity index is 1.87. The summed E-state index contributed by atoms with van der Waals surface area (Å²) in [5.74, 6) is 1.09. The fourth-order valence-corrected chi connectivity index (χ4v) is 3.69. The van der Waals surface area contributed by atoms with Gasteiger partial charge in [0, 0.05) is 18.6 Å². The Bertz CT molecular complexity index is 560. The summed E-state index contributed by atoms with van der Waals surface area (Å²) < 4.78 is 1.21. The van der Waals surface area contributed by atoms with Gasteiger partial charge in [-0.15, -0.1) is 11.3 Å². The lowest BCUT2D eigenvalue weighted by Crippen LogP contribution is -2.46. The topological polar surface area (TPSA) is 41.0 Å². The van der Waals surface area contributed by atoms with Gasteiger partial charge in [0.05, 0.1) is 10.2 Å². The van der Waals surface area contributed by atoms with Crippen molar-refractivity contribution in [1.82, 2.24) is 15.3 Å². The summed E-state index contributed by atoms with van der Waals surface area (Å²) in [5, 5.41) is 5.73. The Hall–Kier alpha value is -1.20. The van der Waals surface area contributed by atoms with E-state index in [1.165, 1.54) is 24.0 Å². The Kier molecular flexibility index (Phi) is 4.17. The van der Waals surface area contributed by atoms with Crippen LogP contribution in [0.25, 0.3) is 10.2 Å². The van der Waals surface area contributed by atoms with Crippen LogP contribution in [0.5, 0.6) is 0 Å². The number of aromatic nitrogens is 2. The van der Waals surface area contributed by atoms with Gasteiger partial charge in [-0.1, -0.05) is 6.42 Å². The monoisotopic (exact) mass is 290 g/mol. The molecule has 20 heavy (non-hydrogen) atoms. The molecule has 4 nitrogen and oxygen atoms in total. The van der Waals surface area contributed by atoms with Gasteiger partial charge < -0.3 is 10.2 Å². The summed E-state index contributed by atoms with van der Waals surface area (Å²) in [5.41, 5.74) is 1.06. The van der Waals surface area contributed by atoms with Gasteiger partial charge in [-0.3, -0.25) is 0 Å². The van der Waals surface area contributed by atoms with Crippen LogP contribution in [0.3, 0.4) is 0 Å². The quantitative estimate of drug-likeness (QED) is 0.939. The predicted molar refractivity (Wildman–Crippen MR) is 85.5 cm³/mol. The maximum absolute atomic E-state index is 4.56. The fourth-order valence-electron chi connectivity index (χ4n) is 2.84. The number of nitrogens with zero attached hydrogens (tertiary/aromatic N) is 3. The zero-order valence-electron chi connectivity index (χ0n) is 12.2. The molecule has 1 atom stereocenters. The molecule has 1 aliphatic heterocycles. The zero-order valence-corrected chi connectivity index (χ0v) is 13.0. The molecule has 3 heterocycles. The minimum Gasteiger partial charge on any atom is -0.351 e. The van der Waals surface area contributed by atoms with Crippen LogP contribution in [0.1, 0.15) is 33.1 Å². The molecule has 2 aromatic heterocycles. The van der Waals surface area contributed by atoms with E-state index in [0.29, 0.717) is 12.1 Å². The minimum atomic E-state index is 0.443. The molecule has 3 rings (SSSR count). The highest BCUT2D eigenvalue weighted by Crippen LogP contribution is 2.29. The van der Waals surface area contributed by atoms with Crippen LogP contribution < -0.4 is 10.2 Å². The van der Waals surface area contributed by atoms with Crippen LogP contribution in [0, 0.1) is 0 Å². The molecule has 0 bridgehead atoms. The fraction of sp³-hybridized carbons (Fsp3) is 0.600. The van der Waals surface area contributed by atoms with Crippen LogP contribution >= 0.6 is 11.3 Å². The number of piperidine rings is 1. The number of hydrogen-bond donors (Lipinski definition) is 1. The summed E-state index contributed by atoms with van der Waals surface area (Å²) in [6.07, 6.45) is 5.60. The summed E-state index contributed by atoms with van der Waals surface area (Å²) in [4.78, 5) is 11.3. The Morgan fingerprint density at radius 1 is 1.40 bits per heavy atom. The molecule has 0 aromatic carbocycles. The van der Waals surface area contributed by atoms with E-state index in [0.717, 1.165) is 24.4 Å². The highest BCUT2D eigenvalue weighted by Gasteiger charge is 2.21. The van der Waals surface area contributed by atoms with Crippen molar-refractivity contribution in [2.24, 2.45) is 0 Å². The van der Waals surface area contributed by atoms with Gasteiger partial charge in [0.25, 0.3) is 0 Å². The zero-order chi connectivity index (χ0) is 13.9. The second kappa shape index (κ2) is 6.06. The molecule has 1 N–H and O–H groups in total. The van der Waals surface area contributed by atoms with Crippen LogP contribution in [0.15, 0.2) is 17.8 Å². The maximum atomic E-state index is 4.56. The number of rotatable bonds is 4. The van der Waals surface area contributed by atoms with Crippen molar-refractivity contribution in [1.29, 1.82) is 0 Å². The first-order chi connectivity index (χ1) is 9.75. The van der Waals surface area contributed by atoms with E-state index in [4.69, 9.17) is 0 Å². The molecule has 0 aliphatic carbocycles. The van der Waals surface area contributed by atoms with E-state index in [1.807, 2.05) is 0 Å². The standard InChI is InChI=1S/C15H22N4S/c1-11(2)19(9-12-5-3-4-7-16-12)15-14-13(6-8-20-14)17-10-18-15/h6,8,10-12,16H,3-5,7,9H2,1-2H3. The van der Waals surface area contributed by atoms with Crippen LogP contribution in [0.2, 0.25) is 0 Å². The van der Waals surface area contributed by atoms with Gasteiger partial charge in [-0.2, -0.15) is 0 Å². The van der Waals surface area contributed by atoms with E-state index in [2.05, 4.69) is 45.5 Å². The molecule has 1 saturated heterocycles. The summed E-state index contributed by atoms with van der Waals surface area (Å²) in [6, 6.07) is 3.10. The summed E-state index contributed by atoms with van der Waals surface area (Å²) >= 11 is 1.73. The van der Waals surface area contributed by atoms with Gasteiger partial charge in [0.2, 0.25) is 0 Å². The summed E-state index contributed by atoms with van der Waals surface area (Å²) in [7, 11) is 0. The first-order valence-electron chi connectivity index (χ1n) is 7.44. The van der Waals surface area contributed by atoms with Crippen molar-refractivity contribution >= 4 is 27.4 Å². The van der Waals surface area contributed by atoms with Crippen LogP contribution in [-0.2, 0) is 0 Å². The van der Waals surface area contributed by atoms with E-state index in [9.17, 15) is 0 Å². The lowest BCUT2D eigenvalue weighted by Gasteiger charge is -2.34. The normalized spacial score (nSPS) is 19.6. The predicted octanol–water partition coefficient (Wildman–Crippen LogP) is 3.05. The van der Waals surface area contributed by atoms with Crippen LogP contribution in [0.4, 0.5) is 5.82 Å². The molecule has 5 heteroatoms. The van der Waals surface area contributed by atoms with Crippen molar-refractivity contribution in [3.05, 3.63) is 17.8 Å². The van der Waals surface area contributed by atoms with E-state index >= 15 is 0 Å². The average Bonchev–Trinajstić information content (AvgIpc) is 2.94. The molecule has 108 valence electrons. The number of fused-ring (bicyclic) bond motifs is 1. The molecule has 1 unspecified atom stereocenters. The Morgan fingerprint density at radius 3 is 3.05 bits per heavy atom. The van der Waals surface area contributed by atoms with Gasteiger partial charge in [-0.25, -0.2) is 9.97 Å². The first-order valence-corrected chi connectivity index (χ1v) is 8.32. The average molecular weight is 290 g/mol. The Labute approximate surface area is 124 Å². The van der Waals surface area contributed by atoms with Crippen molar-refractivity contribution < 1.29 is 0 Å². The van der Waals surface area contributed by atoms with Crippen molar-refractivity contribution in [3.63, 3.8) is 0 Å². The van der Waals surface area contributed by atoms with Gasteiger partial charge >= 0.3 is 0 Å². The third-order valence-electron chi connectivity index (χ3n) is 3.95. The lowest BCUT2D eigenvalue weighted by atomic mass is 10.0. The number of anilines is 1. The Morgan fingerprint density at radius 2 is 2.30 bits per heavy atom. The number of nitrogens with one attached hydrogen (secondary N) is 1. The van der Waals surface area contributed by atoms with Gasteiger partial charge in [0.1, 0.15) is 12.1 Å². The van der Waals surface area contributed by atoms with E-state index in [-0.39, 0.29) is 0 Å². The molecule has 0 amide bonds. The lowest BCUT2D eigenvalue weighted by molar-refractivity contribution is 0.393. The first kappa shape index (κ1) is 13.8. The number of hydrogen-bond acceptors (Lipinski definition) is 5. The molecule has 1 aliphatic rings. The molecule has 0 saturated carbocycles. The third-order valence-corrected chi connectivity index (χ3v) is 4.85. The molecule has 2 aromatic rings. The molecule has 0 spiro atoms. The SMILES string of the molecule is CC(C)N(CC1CCCCN1)c1ncnc2ccsc12. The molecular formula is C15H22N4S. The van der Waals surface area contributed by atoms with E-state index < -0.39 is 0 Å². The number of thiophene rings is 1. The highest BCUT2D eigenvalue weighted by molar-refractivity contribution is 7.17. The highest BCUT2D eigenvalue weighted by atomic mass is 32.1. The third kappa shape index (κ3) is 2.79. The van der Waals surface area contributed by atoms with Crippen LogP contribution in [-0.4, -0.2) is 35.1 Å². The minimum absolute atomic E-state index is 0.443. The van der Waals surface area contributed by atoms with E-state index in [1.54, 1.807) is 17.7 Å². The van der Waals surface area contributed by atoms with Crippen molar-refractivity contribution in [2.75, 3.05) is 18.0 Å². The molecule has 1 fully saturated rings. The van der Waals surface area contributed by atoms with Gasteiger partial charge in [0.15, 0.2) is 0 Å². The smallest absolute Gasteiger partial charge is 0.150 e. The van der Waals surface area contributed by atoms with Gasteiger partial charge in [-0.05, 0) is 44.7 Å². The summed E-state index contributed by atoms with van der Waals surface area (Å²) in [6.45, 7) is 6.66. The molecular weight excluding hydrogens is 268 g/mol. The van der Waals surface area contributed by atoms with Crippen molar-refractivity contribution in [2.45, 2.75) is 45.2 Å². The largest absolute Gasteiger partial charge is 0.351 e.